The predicted octanol–water partition coefficient (Wildman–Crippen LogP) is 0.412. The molecular weight excluding hydrogens is 231 g/mol. The molecule has 3 unspecified atom stereocenters. The third kappa shape index (κ3) is 3.99. The van der Waals surface area contributed by atoms with Crippen molar-refractivity contribution >= 4 is 14.7 Å². The molecule has 0 heterocycles. The second kappa shape index (κ2) is 6.83. The first-order chi connectivity index (χ1) is 6.08. The molecular formula is C9H21AsO3. The van der Waals surface area contributed by atoms with Gasteiger partial charge in [0, 0.05) is 0 Å². The summed E-state index contributed by atoms with van der Waals surface area (Å²) in [6.07, 6.45) is 1.90. The van der Waals surface area contributed by atoms with Gasteiger partial charge >= 0.3 is 84.7 Å². The van der Waals surface area contributed by atoms with Crippen LogP contribution in [0.2, 0.25) is 0 Å². The molecule has 0 rings (SSSR count). The van der Waals surface area contributed by atoms with Crippen LogP contribution >= 0.6 is 0 Å². The fourth-order valence-electron chi connectivity index (χ4n) is 1.23. The minimum atomic E-state index is -1.92. The van der Waals surface area contributed by atoms with E-state index in [1.54, 1.807) is 0 Å². The average Bonchev–Trinajstić information content (AvgIpc) is 2.16. The summed E-state index contributed by atoms with van der Waals surface area (Å²) in [5.74, 6) is 0. The summed E-state index contributed by atoms with van der Waals surface area (Å²) in [7, 11) is 0. The Labute approximate surface area is 85.0 Å². The van der Waals surface area contributed by atoms with Crippen LogP contribution in [0.25, 0.3) is 0 Å². The van der Waals surface area contributed by atoms with Crippen molar-refractivity contribution in [1.29, 1.82) is 0 Å². The molecule has 0 fully saturated rings. The van der Waals surface area contributed by atoms with Gasteiger partial charge in [-0.05, 0) is 0 Å². The molecule has 3 atom stereocenters. The van der Waals surface area contributed by atoms with Gasteiger partial charge in [0.1, 0.15) is 0 Å². The van der Waals surface area contributed by atoms with E-state index >= 15 is 0 Å². The van der Waals surface area contributed by atoms with Crippen molar-refractivity contribution in [2.45, 2.75) is 54.7 Å². The SMILES string of the molecule is CCC(O)[As](C(O)CC)C(O)CC. The van der Waals surface area contributed by atoms with E-state index < -0.39 is 29.3 Å². The van der Waals surface area contributed by atoms with Crippen LogP contribution in [0.1, 0.15) is 40.0 Å². The number of hydrogen-bond acceptors (Lipinski definition) is 3. The molecule has 4 heteroatoms. The molecule has 0 amide bonds. The van der Waals surface area contributed by atoms with E-state index in [1.165, 1.54) is 0 Å². The first-order valence-corrected chi connectivity index (χ1v) is 8.15. The second-order valence-corrected chi connectivity index (χ2v) is 8.74. The van der Waals surface area contributed by atoms with Crippen LogP contribution in [0.3, 0.4) is 0 Å². The quantitative estimate of drug-likeness (QED) is 0.600. The normalized spacial score (nSPS) is 20.8. The third-order valence-electron chi connectivity index (χ3n) is 2.13. The molecule has 0 aromatic rings. The molecule has 0 aliphatic rings. The van der Waals surface area contributed by atoms with Gasteiger partial charge in [0.15, 0.2) is 0 Å². The van der Waals surface area contributed by atoms with Crippen molar-refractivity contribution in [3.05, 3.63) is 0 Å². The maximum absolute atomic E-state index is 9.67. The van der Waals surface area contributed by atoms with Crippen LogP contribution in [0, 0.1) is 0 Å². The topological polar surface area (TPSA) is 60.7 Å². The molecule has 13 heavy (non-hydrogen) atoms. The average molecular weight is 252 g/mol. The summed E-state index contributed by atoms with van der Waals surface area (Å²) in [5, 5.41) is 29.0. The van der Waals surface area contributed by atoms with Gasteiger partial charge in [-0.3, -0.25) is 0 Å². The fourth-order valence-corrected chi connectivity index (χ4v) is 6.38. The van der Waals surface area contributed by atoms with Gasteiger partial charge in [0.25, 0.3) is 0 Å². The van der Waals surface area contributed by atoms with Gasteiger partial charge in [-0.1, -0.05) is 0 Å². The van der Waals surface area contributed by atoms with Crippen LogP contribution in [-0.4, -0.2) is 44.6 Å². The molecule has 0 aliphatic carbocycles. The molecule has 0 aromatic heterocycles. The van der Waals surface area contributed by atoms with Gasteiger partial charge in [-0.2, -0.15) is 0 Å². The third-order valence-corrected chi connectivity index (χ3v) is 8.76. The number of rotatable bonds is 6. The molecule has 80 valence electrons. The molecule has 0 aromatic carbocycles. The van der Waals surface area contributed by atoms with E-state index in [0.29, 0.717) is 19.3 Å². The zero-order chi connectivity index (χ0) is 10.4. The molecule has 0 spiro atoms. The Morgan fingerprint density at radius 2 is 1.00 bits per heavy atom. The number of hydrogen-bond donors (Lipinski definition) is 3. The maximum atomic E-state index is 9.67. The first kappa shape index (κ1) is 13.4. The fraction of sp³-hybridized carbons (Fsp3) is 1.00. The Balaban J connectivity index is 4.34. The molecule has 0 aliphatic heterocycles. The first-order valence-electron chi connectivity index (χ1n) is 4.90. The van der Waals surface area contributed by atoms with Crippen LogP contribution in [0.4, 0.5) is 0 Å². The van der Waals surface area contributed by atoms with Gasteiger partial charge in [-0.15, -0.1) is 0 Å². The molecule has 0 radical (unpaired) electrons. The van der Waals surface area contributed by atoms with Gasteiger partial charge < -0.3 is 0 Å². The summed E-state index contributed by atoms with van der Waals surface area (Å²) < 4.78 is 0. The summed E-state index contributed by atoms with van der Waals surface area (Å²) in [5.41, 5.74) is 0. The Morgan fingerprint density at radius 1 is 0.769 bits per heavy atom. The van der Waals surface area contributed by atoms with Crippen molar-refractivity contribution in [2.24, 2.45) is 0 Å². The van der Waals surface area contributed by atoms with Crippen LogP contribution in [0.5, 0.6) is 0 Å². The summed E-state index contributed by atoms with van der Waals surface area (Å²) in [4.78, 5) is -1.38. The van der Waals surface area contributed by atoms with E-state index in [1.807, 2.05) is 20.8 Å². The molecule has 3 N–H and O–H groups in total. The Morgan fingerprint density at radius 3 is 1.15 bits per heavy atom. The minimum absolute atomic E-state index is 0.461. The standard InChI is InChI=1S/C9H21AsO3/c1-4-7(11)10(8(12)5-2)9(13)6-3/h7-9,11-13H,4-6H2,1-3H3. The molecule has 0 saturated carbocycles. The zero-order valence-electron chi connectivity index (χ0n) is 8.64. The molecule has 0 saturated heterocycles. The summed E-state index contributed by atoms with van der Waals surface area (Å²) in [6.45, 7) is 5.66. The zero-order valence-corrected chi connectivity index (χ0v) is 10.5. The Hall–Kier alpha value is 0.438. The summed E-state index contributed by atoms with van der Waals surface area (Å²) >= 11 is -1.92. The van der Waals surface area contributed by atoms with Crippen molar-refractivity contribution in [1.82, 2.24) is 0 Å². The van der Waals surface area contributed by atoms with E-state index in [0.717, 1.165) is 0 Å². The van der Waals surface area contributed by atoms with Crippen LogP contribution < -0.4 is 0 Å². The van der Waals surface area contributed by atoms with Crippen molar-refractivity contribution in [3.8, 4) is 0 Å². The molecule has 0 bridgehead atoms. The van der Waals surface area contributed by atoms with Gasteiger partial charge in [0.2, 0.25) is 0 Å². The Kier molecular flexibility index (Phi) is 7.06. The molecule has 3 nitrogen and oxygen atoms in total. The number of aliphatic hydroxyl groups is 3. The van der Waals surface area contributed by atoms with Gasteiger partial charge in [-0.25, -0.2) is 0 Å². The van der Waals surface area contributed by atoms with Crippen LogP contribution in [0.15, 0.2) is 0 Å². The summed E-state index contributed by atoms with van der Waals surface area (Å²) in [6, 6.07) is 0. The predicted molar refractivity (Wildman–Crippen MR) is 54.6 cm³/mol. The van der Waals surface area contributed by atoms with E-state index in [2.05, 4.69) is 0 Å². The van der Waals surface area contributed by atoms with Crippen molar-refractivity contribution in [3.63, 3.8) is 0 Å². The van der Waals surface area contributed by atoms with E-state index in [-0.39, 0.29) is 0 Å². The number of aliphatic hydroxyl groups excluding tert-OH is 3. The van der Waals surface area contributed by atoms with Crippen molar-refractivity contribution < 1.29 is 15.3 Å². The van der Waals surface area contributed by atoms with Crippen molar-refractivity contribution in [2.75, 3.05) is 0 Å². The monoisotopic (exact) mass is 252 g/mol. The van der Waals surface area contributed by atoms with E-state index in [4.69, 9.17) is 0 Å². The Bertz CT molecular complexity index is 108. The van der Waals surface area contributed by atoms with Gasteiger partial charge in [0.05, 0.1) is 0 Å². The second-order valence-electron chi connectivity index (χ2n) is 3.11. The van der Waals surface area contributed by atoms with Crippen LogP contribution in [-0.2, 0) is 0 Å². The van der Waals surface area contributed by atoms with E-state index in [9.17, 15) is 15.3 Å².